The second-order valence-corrected chi connectivity index (χ2v) is 10.1. The Labute approximate surface area is 181 Å². The molecule has 0 spiro atoms. The van der Waals surface area contributed by atoms with Gasteiger partial charge in [-0.1, -0.05) is 20.8 Å². The highest BCUT2D eigenvalue weighted by atomic mass is 16.3. The van der Waals surface area contributed by atoms with Gasteiger partial charge in [0, 0.05) is 43.2 Å². The van der Waals surface area contributed by atoms with Crippen LogP contribution in [0.5, 0.6) is 0 Å². The third kappa shape index (κ3) is 5.91. The minimum absolute atomic E-state index is 0.0580. The second kappa shape index (κ2) is 10.1. The van der Waals surface area contributed by atoms with Crippen molar-refractivity contribution in [3.63, 3.8) is 0 Å². The summed E-state index contributed by atoms with van der Waals surface area (Å²) in [5.41, 5.74) is 0.546. The van der Waals surface area contributed by atoms with Gasteiger partial charge in [-0.15, -0.1) is 0 Å². The van der Waals surface area contributed by atoms with Crippen LogP contribution in [0, 0.1) is 5.92 Å². The van der Waals surface area contributed by atoms with E-state index in [-0.39, 0.29) is 12.0 Å². The lowest BCUT2D eigenvalue weighted by molar-refractivity contribution is -0.110. The lowest BCUT2D eigenvalue weighted by Crippen LogP contribution is -2.52. The van der Waals surface area contributed by atoms with E-state index < -0.39 is 0 Å². The highest BCUT2D eigenvalue weighted by molar-refractivity contribution is 5.46. The molecule has 7 heteroatoms. The Hall–Kier alpha value is -1.73. The largest absolute Gasteiger partial charge is 0.390 e. The van der Waals surface area contributed by atoms with Gasteiger partial charge in [0.2, 0.25) is 6.41 Å². The zero-order valence-electron chi connectivity index (χ0n) is 19.1. The molecule has 2 heterocycles. The average Bonchev–Trinajstić information content (AvgIpc) is 2.72. The van der Waals surface area contributed by atoms with Crippen molar-refractivity contribution < 1.29 is 9.90 Å². The molecule has 0 aromatic carbocycles. The smallest absolute Gasteiger partial charge is 0.207 e. The van der Waals surface area contributed by atoms with Crippen LogP contribution >= 0.6 is 0 Å². The van der Waals surface area contributed by atoms with E-state index in [4.69, 9.17) is 4.98 Å². The van der Waals surface area contributed by atoms with E-state index in [1.807, 2.05) is 6.07 Å². The number of aliphatic hydroxyl groups excluding tert-OH is 1. The van der Waals surface area contributed by atoms with Gasteiger partial charge >= 0.3 is 0 Å². The summed E-state index contributed by atoms with van der Waals surface area (Å²) in [6.45, 7) is 12.7. The third-order valence-electron chi connectivity index (χ3n) is 6.61. The predicted octanol–water partition coefficient (Wildman–Crippen LogP) is 2.47. The van der Waals surface area contributed by atoms with Crippen LogP contribution in [0.15, 0.2) is 6.07 Å². The molecule has 1 saturated carbocycles. The molecule has 0 radical (unpaired) electrons. The van der Waals surface area contributed by atoms with Crippen molar-refractivity contribution in [2.45, 2.75) is 83.9 Å². The van der Waals surface area contributed by atoms with Crippen molar-refractivity contribution in [2.24, 2.45) is 5.92 Å². The minimum atomic E-state index is -0.148. The number of rotatable bonds is 7. The first kappa shape index (κ1) is 22.9. The van der Waals surface area contributed by atoms with Crippen molar-refractivity contribution in [1.29, 1.82) is 0 Å². The number of anilines is 1. The molecule has 2 N–H and O–H groups in total. The summed E-state index contributed by atoms with van der Waals surface area (Å²) in [7, 11) is 0. The molecule has 2 fully saturated rings. The van der Waals surface area contributed by atoms with Gasteiger partial charge in [-0.25, -0.2) is 9.97 Å². The van der Waals surface area contributed by atoms with E-state index in [0.29, 0.717) is 17.8 Å². The molecule has 1 aliphatic heterocycles. The van der Waals surface area contributed by atoms with Gasteiger partial charge in [0.05, 0.1) is 12.3 Å². The lowest BCUT2D eigenvalue weighted by Gasteiger charge is -2.41. The summed E-state index contributed by atoms with van der Waals surface area (Å²) in [6.07, 6.45) is 6.77. The standard InChI is InChI=1S/C23H39N5O2/c1-17-14-27(10-9-18-5-7-19(8-6-18)24-16-30)11-12-28(17)21-13-20(15-29)25-22(26-21)23(2,3)4/h13,16-19,29H,5-12,14-15H2,1-4H3,(H,24,30). The van der Waals surface area contributed by atoms with Crippen molar-refractivity contribution in [3.8, 4) is 0 Å². The van der Waals surface area contributed by atoms with Gasteiger partial charge in [-0.3, -0.25) is 9.69 Å². The highest BCUT2D eigenvalue weighted by Crippen LogP contribution is 2.28. The van der Waals surface area contributed by atoms with Gasteiger partial charge in [0.1, 0.15) is 11.6 Å². The molecule has 3 rings (SSSR count). The fourth-order valence-corrected chi connectivity index (χ4v) is 4.70. The van der Waals surface area contributed by atoms with Crippen LogP contribution < -0.4 is 10.2 Å². The Balaban J connectivity index is 1.54. The molecule has 168 valence electrons. The number of hydrogen-bond donors (Lipinski definition) is 2. The van der Waals surface area contributed by atoms with Crippen LogP contribution in [0.4, 0.5) is 5.82 Å². The first-order valence-corrected chi connectivity index (χ1v) is 11.5. The monoisotopic (exact) mass is 417 g/mol. The summed E-state index contributed by atoms with van der Waals surface area (Å²) in [6, 6.07) is 2.70. The number of aliphatic hydroxyl groups is 1. The number of aromatic nitrogens is 2. The molecule has 1 amide bonds. The summed E-state index contributed by atoms with van der Waals surface area (Å²) < 4.78 is 0. The number of piperazine rings is 1. The van der Waals surface area contributed by atoms with Gasteiger partial charge in [-0.05, 0) is 51.5 Å². The Morgan fingerprint density at radius 2 is 1.93 bits per heavy atom. The molecule has 1 atom stereocenters. The number of amides is 1. The van der Waals surface area contributed by atoms with E-state index in [1.54, 1.807) is 0 Å². The second-order valence-electron chi connectivity index (χ2n) is 10.1. The van der Waals surface area contributed by atoms with Crippen LogP contribution in [0.1, 0.15) is 71.3 Å². The molecule has 1 aliphatic carbocycles. The molecular weight excluding hydrogens is 378 g/mol. The van der Waals surface area contributed by atoms with Gasteiger partial charge in [-0.2, -0.15) is 0 Å². The molecule has 0 bridgehead atoms. The molecule has 1 saturated heterocycles. The summed E-state index contributed by atoms with van der Waals surface area (Å²) in [5.74, 6) is 2.51. The number of carbonyl (C=O) groups excluding carboxylic acids is 1. The molecule has 2 aliphatic rings. The van der Waals surface area contributed by atoms with Gasteiger partial charge in [0.25, 0.3) is 0 Å². The van der Waals surface area contributed by atoms with Gasteiger partial charge < -0.3 is 15.3 Å². The summed E-state index contributed by atoms with van der Waals surface area (Å²) >= 11 is 0. The SMILES string of the molecule is CC1CN(CCC2CCC(NC=O)CC2)CCN1c1cc(CO)nc(C(C)(C)C)n1. The van der Waals surface area contributed by atoms with E-state index in [0.717, 1.165) is 63.0 Å². The van der Waals surface area contributed by atoms with E-state index in [2.05, 4.69) is 47.8 Å². The fraction of sp³-hybridized carbons (Fsp3) is 0.783. The fourth-order valence-electron chi connectivity index (χ4n) is 4.70. The predicted molar refractivity (Wildman–Crippen MR) is 119 cm³/mol. The average molecular weight is 418 g/mol. The van der Waals surface area contributed by atoms with Crippen LogP contribution in [-0.2, 0) is 16.8 Å². The Morgan fingerprint density at radius 1 is 1.20 bits per heavy atom. The Bertz CT molecular complexity index is 697. The highest BCUT2D eigenvalue weighted by Gasteiger charge is 2.28. The molecule has 1 aromatic heterocycles. The van der Waals surface area contributed by atoms with Crippen molar-refractivity contribution >= 4 is 12.2 Å². The quantitative estimate of drug-likeness (QED) is 0.664. The maximum atomic E-state index is 10.6. The molecule has 1 aromatic rings. The molecule has 1 unspecified atom stereocenters. The molecule has 30 heavy (non-hydrogen) atoms. The van der Waals surface area contributed by atoms with Crippen molar-refractivity contribution in [1.82, 2.24) is 20.2 Å². The van der Waals surface area contributed by atoms with Crippen molar-refractivity contribution in [2.75, 3.05) is 31.1 Å². The first-order chi connectivity index (χ1) is 14.3. The number of carbonyl (C=O) groups is 1. The zero-order valence-corrected chi connectivity index (χ0v) is 19.1. The molecular formula is C23H39N5O2. The van der Waals surface area contributed by atoms with E-state index >= 15 is 0 Å². The van der Waals surface area contributed by atoms with E-state index in [1.165, 1.54) is 19.3 Å². The van der Waals surface area contributed by atoms with Crippen molar-refractivity contribution in [3.05, 3.63) is 17.6 Å². The summed E-state index contributed by atoms with van der Waals surface area (Å²) in [4.78, 5) is 24.9. The third-order valence-corrected chi connectivity index (χ3v) is 6.61. The van der Waals surface area contributed by atoms with Gasteiger partial charge in [0.15, 0.2) is 0 Å². The van der Waals surface area contributed by atoms with Crippen LogP contribution in [-0.4, -0.2) is 64.6 Å². The number of nitrogens with one attached hydrogen (secondary N) is 1. The van der Waals surface area contributed by atoms with Crippen LogP contribution in [0.2, 0.25) is 0 Å². The first-order valence-electron chi connectivity index (χ1n) is 11.5. The normalized spacial score (nSPS) is 25.9. The lowest BCUT2D eigenvalue weighted by atomic mass is 9.84. The maximum absolute atomic E-state index is 10.6. The number of hydrogen-bond acceptors (Lipinski definition) is 6. The van der Waals surface area contributed by atoms with Crippen LogP contribution in [0.3, 0.4) is 0 Å². The van der Waals surface area contributed by atoms with Crippen LogP contribution in [0.25, 0.3) is 0 Å². The Morgan fingerprint density at radius 3 is 2.53 bits per heavy atom. The Kier molecular flexibility index (Phi) is 7.69. The minimum Gasteiger partial charge on any atom is -0.390 e. The number of nitrogens with zero attached hydrogens (tertiary/aromatic N) is 4. The summed E-state index contributed by atoms with van der Waals surface area (Å²) in [5, 5.41) is 12.6. The maximum Gasteiger partial charge on any atom is 0.207 e. The topological polar surface area (TPSA) is 81.6 Å². The van der Waals surface area contributed by atoms with E-state index in [9.17, 15) is 9.90 Å². The zero-order chi connectivity index (χ0) is 21.7. The molecule has 7 nitrogen and oxygen atoms in total.